The monoisotopic (exact) mass is 408 g/mol. The van der Waals surface area contributed by atoms with E-state index < -0.39 is 6.10 Å². The lowest BCUT2D eigenvalue weighted by atomic mass is 9.78. The van der Waals surface area contributed by atoms with Crippen LogP contribution in [0.15, 0.2) is 12.2 Å². The average molecular weight is 409 g/mol. The van der Waals surface area contributed by atoms with E-state index in [0.29, 0.717) is 32.3 Å². The van der Waals surface area contributed by atoms with E-state index in [1.54, 1.807) is 6.92 Å². The Morgan fingerprint density at radius 1 is 1.17 bits per heavy atom. The molecule has 0 amide bonds. The molecule has 5 nitrogen and oxygen atoms in total. The number of aliphatic hydroxyl groups is 1. The minimum atomic E-state index is -0.642. The molecule has 1 saturated carbocycles. The lowest BCUT2D eigenvalue weighted by Crippen LogP contribution is -2.27. The Balaban J connectivity index is 2.48. The van der Waals surface area contributed by atoms with Gasteiger partial charge in [-0.15, -0.1) is 0 Å². The second-order valence-corrected chi connectivity index (χ2v) is 8.86. The van der Waals surface area contributed by atoms with Gasteiger partial charge in [0.05, 0.1) is 12.7 Å². The highest BCUT2D eigenvalue weighted by atomic mass is 16.5. The van der Waals surface area contributed by atoms with E-state index in [4.69, 9.17) is 4.74 Å². The summed E-state index contributed by atoms with van der Waals surface area (Å²) in [5.41, 5.74) is -0.335. The Hall–Kier alpha value is -1.49. The maximum atomic E-state index is 12.6. The smallest absolute Gasteiger partial charge is 0.305 e. The lowest BCUT2D eigenvalue weighted by Gasteiger charge is -2.25. The van der Waals surface area contributed by atoms with Gasteiger partial charge in [0.1, 0.15) is 11.6 Å². The molecule has 0 radical (unpaired) electrons. The van der Waals surface area contributed by atoms with Gasteiger partial charge in [0, 0.05) is 30.6 Å². The summed E-state index contributed by atoms with van der Waals surface area (Å²) >= 11 is 0. The number of ketones is 2. The Bertz CT molecular complexity index is 564. The van der Waals surface area contributed by atoms with Gasteiger partial charge in [0.2, 0.25) is 0 Å². The van der Waals surface area contributed by atoms with Crippen LogP contribution < -0.4 is 0 Å². The molecule has 1 aliphatic carbocycles. The number of hydrogen-bond donors (Lipinski definition) is 1. The fraction of sp³-hybridized carbons (Fsp3) is 0.792. The van der Waals surface area contributed by atoms with Crippen LogP contribution in [0.3, 0.4) is 0 Å². The number of rotatable bonds is 14. The molecule has 1 aliphatic rings. The number of Topliss-reactive ketones (excluding diaryl/α,β-unsaturated/α-hetero) is 2. The summed E-state index contributed by atoms with van der Waals surface area (Å²) < 4.78 is 4.90. The number of carbonyl (C=O) groups is 3. The molecule has 3 atom stereocenters. The SMILES string of the molecule is CCCCC(C)(C)C(=O)CCC1C(O)CC(=O)C1C/C=C\CCCC(=O)OCC. The molecular weight excluding hydrogens is 368 g/mol. The first-order chi connectivity index (χ1) is 13.7. The van der Waals surface area contributed by atoms with Gasteiger partial charge in [-0.05, 0) is 44.9 Å². The molecule has 1 fully saturated rings. The molecule has 0 heterocycles. The zero-order valence-electron chi connectivity index (χ0n) is 18.7. The number of ether oxygens (including phenoxy) is 1. The Morgan fingerprint density at radius 2 is 1.90 bits per heavy atom. The first kappa shape index (κ1) is 25.5. The van der Waals surface area contributed by atoms with E-state index in [1.807, 2.05) is 26.0 Å². The van der Waals surface area contributed by atoms with Crippen LogP contribution >= 0.6 is 0 Å². The second kappa shape index (κ2) is 12.9. The van der Waals surface area contributed by atoms with Crippen LogP contribution in [-0.4, -0.2) is 35.4 Å². The number of allylic oxidation sites excluding steroid dienone is 2. The minimum absolute atomic E-state index is 0.0939. The predicted molar refractivity (Wildman–Crippen MR) is 114 cm³/mol. The summed E-state index contributed by atoms with van der Waals surface area (Å²) in [7, 11) is 0. The third kappa shape index (κ3) is 8.81. The first-order valence-electron chi connectivity index (χ1n) is 11.3. The summed E-state index contributed by atoms with van der Waals surface area (Å²) in [5.74, 6) is -0.209. The van der Waals surface area contributed by atoms with E-state index in [-0.39, 0.29) is 41.2 Å². The van der Waals surface area contributed by atoms with Crippen LogP contribution in [0.2, 0.25) is 0 Å². The molecule has 0 aromatic heterocycles. The van der Waals surface area contributed by atoms with Gasteiger partial charge >= 0.3 is 5.97 Å². The Kier molecular flexibility index (Phi) is 11.4. The zero-order valence-corrected chi connectivity index (χ0v) is 18.7. The van der Waals surface area contributed by atoms with Gasteiger partial charge < -0.3 is 9.84 Å². The Morgan fingerprint density at radius 3 is 2.55 bits per heavy atom. The number of hydrogen-bond acceptors (Lipinski definition) is 5. The van der Waals surface area contributed by atoms with Crippen molar-refractivity contribution in [3.8, 4) is 0 Å². The van der Waals surface area contributed by atoms with Crippen molar-refractivity contribution in [3.63, 3.8) is 0 Å². The average Bonchev–Trinajstić information content (AvgIpc) is 2.93. The Labute approximate surface area is 176 Å². The third-order valence-electron chi connectivity index (χ3n) is 6.06. The standard InChI is InChI=1S/C24H40O5/c1-5-7-16-24(3,4)22(27)15-14-19-18(20(25)17-21(19)26)12-10-8-9-11-13-23(28)29-6-2/h8,10,18-19,21,26H,5-7,9,11-17H2,1-4H3/b10-8-. The highest BCUT2D eigenvalue weighted by molar-refractivity contribution is 5.86. The first-order valence-corrected chi connectivity index (χ1v) is 11.3. The summed E-state index contributed by atoms with van der Waals surface area (Å²) in [6.45, 7) is 8.31. The topological polar surface area (TPSA) is 80.7 Å². The quantitative estimate of drug-likeness (QED) is 0.254. The van der Waals surface area contributed by atoms with E-state index in [9.17, 15) is 19.5 Å². The molecule has 0 aromatic carbocycles. The molecule has 0 spiro atoms. The van der Waals surface area contributed by atoms with E-state index in [0.717, 1.165) is 32.1 Å². The van der Waals surface area contributed by atoms with Crippen LogP contribution in [0.5, 0.6) is 0 Å². The van der Waals surface area contributed by atoms with Gasteiger partial charge in [-0.1, -0.05) is 45.8 Å². The summed E-state index contributed by atoms with van der Waals surface area (Å²) in [4.78, 5) is 36.3. The molecule has 166 valence electrons. The predicted octanol–water partition coefficient (Wildman–Crippen LogP) is 4.80. The van der Waals surface area contributed by atoms with Crippen LogP contribution in [-0.2, 0) is 19.1 Å². The van der Waals surface area contributed by atoms with Crippen molar-refractivity contribution in [2.24, 2.45) is 17.3 Å². The van der Waals surface area contributed by atoms with Crippen molar-refractivity contribution in [1.29, 1.82) is 0 Å². The minimum Gasteiger partial charge on any atom is -0.466 e. The highest BCUT2D eigenvalue weighted by Crippen LogP contribution is 2.37. The molecule has 1 N–H and O–H groups in total. The molecule has 3 unspecified atom stereocenters. The van der Waals surface area contributed by atoms with Crippen LogP contribution in [0.25, 0.3) is 0 Å². The molecule has 0 bridgehead atoms. The number of carbonyl (C=O) groups excluding carboxylic acids is 3. The number of aliphatic hydroxyl groups excluding tert-OH is 1. The molecule has 0 saturated heterocycles. The van der Waals surface area contributed by atoms with Gasteiger partial charge in [0.25, 0.3) is 0 Å². The van der Waals surface area contributed by atoms with Gasteiger partial charge in [-0.3, -0.25) is 14.4 Å². The maximum absolute atomic E-state index is 12.6. The molecule has 29 heavy (non-hydrogen) atoms. The normalized spacial score (nSPS) is 22.4. The molecule has 0 aromatic rings. The number of unbranched alkanes of at least 4 members (excludes halogenated alkanes) is 2. The van der Waals surface area contributed by atoms with Crippen molar-refractivity contribution in [2.75, 3.05) is 6.61 Å². The lowest BCUT2D eigenvalue weighted by molar-refractivity contribution is -0.143. The van der Waals surface area contributed by atoms with Crippen LogP contribution in [0.4, 0.5) is 0 Å². The molecular formula is C24H40O5. The van der Waals surface area contributed by atoms with E-state index >= 15 is 0 Å². The summed E-state index contributed by atoms with van der Waals surface area (Å²) in [6.07, 6.45) is 9.98. The molecule has 0 aliphatic heterocycles. The van der Waals surface area contributed by atoms with Crippen molar-refractivity contribution in [2.45, 2.75) is 98.0 Å². The largest absolute Gasteiger partial charge is 0.466 e. The molecule has 1 rings (SSSR count). The van der Waals surface area contributed by atoms with Gasteiger partial charge in [-0.2, -0.15) is 0 Å². The fourth-order valence-corrected chi connectivity index (χ4v) is 4.07. The molecule has 5 heteroatoms. The number of esters is 1. The van der Waals surface area contributed by atoms with Gasteiger partial charge in [-0.25, -0.2) is 0 Å². The maximum Gasteiger partial charge on any atom is 0.305 e. The third-order valence-corrected chi connectivity index (χ3v) is 6.06. The second-order valence-electron chi connectivity index (χ2n) is 8.86. The van der Waals surface area contributed by atoms with Crippen LogP contribution in [0, 0.1) is 17.3 Å². The summed E-state index contributed by atoms with van der Waals surface area (Å²) in [6, 6.07) is 0. The zero-order chi connectivity index (χ0) is 21.9. The van der Waals surface area contributed by atoms with E-state index in [1.165, 1.54) is 0 Å². The van der Waals surface area contributed by atoms with Crippen molar-refractivity contribution in [3.05, 3.63) is 12.2 Å². The summed E-state index contributed by atoms with van der Waals surface area (Å²) in [5, 5.41) is 10.3. The van der Waals surface area contributed by atoms with Gasteiger partial charge in [0.15, 0.2) is 0 Å². The van der Waals surface area contributed by atoms with Crippen molar-refractivity contribution >= 4 is 17.5 Å². The van der Waals surface area contributed by atoms with Crippen molar-refractivity contribution < 1.29 is 24.2 Å². The van der Waals surface area contributed by atoms with Crippen LogP contribution in [0.1, 0.15) is 91.9 Å². The highest BCUT2D eigenvalue weighted by Gasteiger charge is 2.41. The fourth-order valence-electron chi connectivity index (χ4n) is 4.07. The van der Waals surface area contributed by atoms with E-state index in [2.05, 4.69) is 6.92 Å². The van der Waals surface area contributed by atoms with Crippen molar-refractivity contribution in [1.82, 2.24) is 0 Å².